The van der Waals surface area contributed by atoms with Gasteiger partial charge in [0.15, 0.2) is 10.9 Å². The lowest BCUT2D eigenvalue weighted by Crippen LogP contribution is -2.41. The van der Waals surface area contributed by atoms with Crippen LogP contribution in [-0.4, -0.2) is 46.4 Å². The number of rotatable bonds is 6. The lowest BCUT2D eigenvalue weighted by molar-refractivity contribution is -0.384. The van der Waals surface area contributed by atoms with Crippen molar-refractivity contribution >= 4 is 40.7 Å². The molecule has 1 aliphatic rings. The van der Waals surface area contributed by atoms with E-state index in [1.54, 1.807) is 4.90 Å². The number of amides is 1. The number of nitro groups is 1. The van der Waals surface area contributed by atoms with Gasteiger partial charge in [-0.25, -0.2) is 9.78 Å². The van der Waals surface area contributed by atoms with Gasteiger partial charge in [-0.05, 0) is 31.7 Å². The number of carbonyl (C=O) groups excluding carboxylic acids is 2. The Kier molecular flexibility index (Phi) is 6.86. The highest BCUT2D eigenvalue weighted by molar-refractivity contribution is 8.01. The molecule has 0 N–H and O–H groups in total. The van der Waals surface area contributed by atoms with Crippen molar-refractivity contribution in [2.45, 2.75) is 35.9 Å². The zero-order valence-electron chi connectivity index (χ0n) is 16.1. The van der Waals surface area contributed by atoms with Crippen LogP contribution < -0.4 is 0 Å². The van der Waals surface area contributed by atoms with Gasteiger partial charge in [0.05, 0.1) is 10.5 Å². The standard InChI is InChI=1S/C19H21N3O5S2/c1-12-4-3-7-21(9-12)17(23)10-27-18(24)15-8-14(22(25)26)5-6-16(15)29-19-20-13(2)11-28-19/h5-6,8,11-12H,3-4,7,9-10H2,1-2H3. The molecule has 1 unspecified atom stereocenters. The van der Waals surface area contributed by atoms with Crippen molar-refractivity contribution in [3.8, 4) is 0 Å². The monoisotopic (exact) mass is 435 g/mol. The number of thiazole rings is 1. The van der Waals surface area contributed by atoms with E-state index in [1.807, 2.05) is 12.3 Å². The summed E-state index contributed by atoms with van der Waals surface area (Å²) in [5.74, 6) is -0.590. The highest BCUT2D eigenvalue weighted by Crippen LogP contribution is 2.34. The number of aryl methyl sites for hydroxylation is 1. The summed E-state index contributed by atoms with van der Waals surface area (Å²) in [5, 5.41) is 13.0. The average molecular weight is 436 g/mol. The number of hydrogen-bond donors (Lipinski definition) is 0. The van der Waals surface area contributed by atoms with Crippen LogP contribution in [-0.2, 0) is 9.53 Å². The molecule has 1 aromatic carbocycles. The number of esters is 1. The highest BCUT2D eigenvalue weighted by atomic mass is 32.2. The molecule has 0 saturated carbocycles. The lowest BCUT2D eigenvalue weighted by Gasteiger charge is -2.30. The molecule has 0 spiro atoms. The van der Waals surface area contributed by atoms with Crippen molar-refractivity contribution < 1.29 is 19.2 Å². The van der Waals surface area contributed by atoms with Gasteiger partial charge in [0, 0.05) is 41.2 Å². The fraction of sp³-hybridized carbons (Fsp3) is 0.421. The van der Waals surface area contributed by atoms with E-state index < -0.39 is 10.9 Å². The largest absolute Gasteiger partial charge is 0.452 e. The van der Waals surface area contributed by atoms with Gasteiger partial charge in [-0.2, -0.15) is 0 Å². The fourth-order valence-corrected chi connectivity index (χ4v) is 4.96. The second-order valence-electron chi connectivity index (χ2n) is 6.96. The van der Waals surface area contributed by atoms with E-state index in [0.717, 1.165) is 18.5 Å². The Balaban J connectivity index is 1.74. The van der Waals surface area contributed by atoms with Crippen LogP contribution in [0.3, 0.4) is 0 Å². The average Bonchev–Trinajstić information content (AvgIpc) is 3.10. The number of hydrogen-bond acceptors (Lipinski definition) is 8. The molecule has 0 radical (unpaired) electrons. The number of nitro benzene ring substituents is 1. The molecule has 2 aromatic rings. The van der Waals surface area contributed by atoms with Gasteiger partial charge in [-0.15, -0.1) is 11.3 Å². The number of non-ortho nitro benzene ring substituents is 1. The van der Waals surface area contributed by atoms with Crippen molar-refractivity contribution in [3.63, 3.8) is 0 Å². The summed E-state index contributed by atoms with van der Waals surface area (Å²) in [6.45, 7) is 4.87. The molecule has 1 aromatic heterocycles. The molecule has 0 bridgehead atoms. The summed E-state index contributed by atoms with van der Waals surface area (Å²) in [6.07, 6.45) is 2.01. The molecule has 154 valence electrons. The Morgan fingerprint density at radius 1 is 1.45 bits per heavy atom. The fourth-order valence-electron chi connectivity index (χ4n) is 3.07. The number of ether oxygens (including phenoxy) is 1. The smallest absolute Gasteiger partial charge is 0.340 e. The van der Waals surface area contributed by atoms with Gasteiger partial charge in [-0.3, -0.25) is 14.9 Å². The van der Waals surface area contributed by atoms with Gasteiger partial charge in [0.25, 0.3) is 11.6 Å². The van der Waals surface area contributed by atoms with Crippen molar-refractivity contribution in [1.29, 1.82) is 0 Å². The van der Waals surface area contributed by atoms with Crippen molar-refractivity contribution in [1.82, 2.24) is 9.88 Å². The molecule has 1 atom stereocenters. The summed E-state index contributed by atoms with van der Waals surface area (Å²) in [7, 11) is 0. The third-order valence-electron chi connectivity index (χ3n) is 4.53. The highest BCUT2D eigenvalue weighted by Gasteiger charge is 2.24. The second kappa shape index (κ2) is 9.36. The minimum absolute atomic E-state index is 0.0527. The lowest BCUT2D eigenvalue weighted by atomic mass is 10.0. The van der Waals surface area contributed by atoms with Crippen LogP contribution in [0, 0.1) is 23.0 Å². The van der Waals surface area contributed by atoms with Crippen LogP contribution in [0.1, 0.15) is 35.8 Å². The van der Waals surface area contributed by atoms with Crippen LogP contribution in [0.5, 0.6) is 0 Å². The summed E-state index contributed by atoms with van der Waals surface area (Å²) in [5.41, 5.74) is 0.689. The van der Waals surface area contributed by atoms with Crippen molar-refractivity contribution in [2.75, 3.05) is 19.7 Å². The number of nitrogens with zero attached hydrogens (tertiary/aromatic N) is 3. The third kappa shape index (κ3) is 5.54. The van der Waals surface area contributed by atoms with Crippen LogP contribution in [0.15, 0.2) is 32.8 Å². The Bertz CT molecular complexity index is 930. The summed E-state index contributed by atoms with van der Waals surface area (Å²) >= 11 is 2.65. The molecular weight excluding hydrogens is 414 g/mol. The Labute approximate surface area is 176 Å². The van der Waals surface area contributed by atoms with Gasteiger partial charge >= 0.3 is 5.97 Å². The molecule has 29 heavy (non-hydrogen) atoms. The number of carbonyl (C=O) groups is 2. The number of piperidine rings is 1. The molecular formula is C19H21N3O5S2. The molecule has 1 amide bonds. The Hall–Kier alpha value is -2.46. The topological polar surface area (TPSA) is 103 Å². The van der Waals surface area contributed by atoms with Gasteiger partial charge in [-0.1, -0.05) is 18.7 Å². The maximum Gasteiger partial charge on any atom is 0.340 e. The third-order valence-corrected chi connectivity index (χ3v) is 6.66. The first-order chi connectivity index (χ1) is 13.8. The van der Waals surface area contributed by atoms with E-state index in [2.05, 4.69) is 11.9 Å². The second-order valence-corrected chi connectivity index (χ2v) is 9.10. The van der Waals surface area contributed by atoms with Crippen molar-refractivity contribution in [3.05, 3.63) is 45.0 Å². The number of benzene rings is 1. The maximum atomic E-state index is 12.6. The first kappa shape index (κ1) is 21.3. The first-order valence-corrected chi connectivity index (χ1v) is 10.9. The molecule has 1 aliphatic heterocycles. The number of aromatic nitrogens is 1. The quantitative estimate of drug-likeness (QED) is 0.385. The molecule has 10 heteroatoms. The first-order valence-electron chi connectivity index (χ1n) is 9.17. The summed E-state index contributed by atoms with van der Waals surface area (Å²) in [4.78, 5) is 42.1. The van der Waals surface area contributed by atoms with E-state index in [0.29, 0.717) is 28.2 Å². The van der Waals surface area contributed by atoms with Crippen molar-refractivity contribution in [2.24, 2.45) is 5.92 Å². The minimum Gasteiger partial charge on any atom is -0.452 e. The van der Waals surface area contributed by atoms with Gasteiger partial charge in [0.2, 0.25) is 0 Å². The van der Waals surface area contributed by atoms with Crippen LogP contribution in [0.4, 0.5) is 5.69 Å². The Morgan fingerprint density at radius 2 is 2.24 bits per heavy atom. The maximum absolute atomic E-state index is 12.6. The molecule has 1 fully saturated rings. The molecule has 3 rings (SSSR count). The van der Waals surface area contributed by atoms with Crippen LogP contribution in [0.2, 0.25) is 0 Å². The summed E-state index contributed by atoms with van der Waals surface area (Å²) < 4.78 is 5.93. The zero-order chi connectivity index (χ0) is 21.0. The molecule has 1 saturated heterocycles. The zero-order valence-corrected chi connectivity index (χ0v) is 17.8. The molecule has 8 nitrogen and oxygen atoms in total. The predicted octanol–water partition coefficient (Wildman–Crippen LogP) is 3.93. The van der Waals surface area contributed by atoms with Gasteiger partial charge in [0.1, 0.15) is 0 Å². The van der Waals surface area contributed by atoms with E-state index in [1.165, 1.54) is 41.3 Å². The van der Waals surface area contributed by atoms with E-state index in [4.69, 9.17) is 4.74 Å². The number of likely N-dealkylation sites (tertiary alicyclic amines) is 1. The Morgan fingerprint density at radius 3 is 2.90 bits per heavy atom. The SMILES string of the molecule is Cc1csc(Sc2ccc([N+](=O)[O-])cc2C(=O)OCC(=O)N2CCCC(C)C2)n1. The molecule has 0 aliphatic carbocycles. The molecule has 2 heterocycles. The summed E-state index contributed by atoms with van der Waals surface area (Å²) in [6, 6.07) is 4.02. The van der Waals surface area contributed by atoms with E-state index >= 15 is 0 Å². The van der Waals surface area contributed by atoms with E-state index in [9.17, 15) is 19.7 Å². The predicted molar refractivity (Wildman–Crippen MR) is 109 cm³/mol. The van der Waals surface area contributed by atoms with Gasteiger partial charge < -0.3 is 9.64 Å². The van der Waals surface area contributed by atoms with Crippen LogP contribution in [0.25, 0.3) is 0 Å². The van der Waals surface area contributed by atoms with E-state index in [-0.39, 0.29) is 23.8 Å². The minimum atomic E-state index is -0.761. The van der Waals surface area contributed by atoms with Crippen LogP contribution >= 0.6 is 23.1 Å². The normalized spacial score (nSPS) is 16.5.